The molecule has 0 aliphatic carbocycles. The average Bonchev–Trinajstić information content (AvgIpc) is 2.84. The molecule has 0 bridgehead atoms. The largest absolute Gasteiger partial charge is 0.397 e. The summed E-state index contributed by atoms with van der Waals surface area (Å²) in [7, 11) is 0. The normalized spacial score (nSPS) is 10.3. The van der Waals surface area contributed by atoms with Gasteiger partial charge in [0.2, 0.25) is 0 Å². The van der Waals surface area contributed by atoms with E-state index in [2.05, 4.69) is 23.3 Å². The number of pyridine rings is 1. The van der Waals surface area contributed by atoms with E-state index in [0.29, 0.717) is 17.9 Å². The van der Waals surface area contributed by atoms with Crippen molar-refractivity contribution in [2.45, 2.75) is 19.9 Å². The highest BCUT2D eigenvalue weighted by Crippen LogP contribution is 2.17. The third-order valence-electron chi connectivity index (χ3n) is 2.65. The molecular weight excluding hydrogens is 246 g/mol. The zero-order valence-electron chi connectivity index (χ0n) is 10.1. The molecule has 5 heteroatoms. The van der Waals surface area contributed by atoms with Crippen LogP contribution in [0.3, 0.4) is 0 Å². The van der Waals surface area contributed by atoms with Crippen molar-refractivity contribution in [2.75, 3.05) is 5.73 Å². The zero-order valence-corrected chi connectivity index (χ0v) is 11.0. The lowest BCUT2D eigenvalue weighted by atomic mass is 10.2. The number of hydrogen-bond acceptors (Lipinski definition) is 4. The Balaban J connectivity index is 1.98. The van der Waals surface area contributed by atoms with Gasteiger partial charge >= 0.3 is 0 Å². The number of nitrogens with zero attached hydrogens (tertiary/aromatic N) is 1. The lowest BCUT2D eigenvalue weighted by Gasteiger charge is -2.05. The molecule has 0 saturated carbocycles. The molecule has 18 heavy (non-hydrogen) atoms. The van der Waals surface area contributed by atoms with Gasteiger partial charge in [0.05, 0.1) is 18.4 Å². The van der Waals surface area contributed by atoms with Crippen LogP contribution in [0.5, 0.6) is 0 Å². The number of amides is 1. The number of carbonyl (C=O) groups is 1. The molecule has 0 aliphatic heterocycles. The summed E-state index contributed by atoms with van der Waals surface area (Å²) in [5.41, 5.74) is 7.75. The number of anilines is 1. The fraction of sp³-hybridized carbons (Fsp3) is 0.231. The monoisotopic (exact) mass is 261 g/mol. The first-order chi connectivity index (χ1) is 8.70. The Bertz CT molecular complexity index is 533. The van der Waals surface area contributed by atoms with Crippen molar-refractivity contribution in [3.63, 3.8) is 0 Å². The lowest BCUT2D eigenvalue weighted by molar-refractivity contribution is 0.0946. The predicted octanol–water partition coefficient (Wildman–Crippen LogP) is 2.22. The SMILES string of the molecule is CCc1ccsc1CNC(=O)c1ccc(N)cn1. The van der Waals surface area contributed by atoms with Crippen molar-refractivity contribution >= 4 is 22.9 Å². The average molecular weight is 261 g/mol. The highest BCUT2D eigenvalue weighted by Gasteiger charge is 2.08. The van der Waals surface area contributed by atoms with E-state index in [-0.39, 0.29) is 5.91 Å². The van der Waals surface area contributed by atoms with Crippen LogP contribution in [0.15, 0.2) is 29.8 Å². The van der Waals surface area contributed by atoms with Gasteiger partial charge in [-0.3, -0.25) is 4.79 Å². The number of carbonyl (C=O) groups excluding carboxylic acids is 1. The van der Waals surface area contributed by atoms with Crippen molar-refractivity contribution in [1.29, 1.82) is 0 Å². The smallest absolute Gasteiger partial charge is 0.270 e. The van der Waals surface area contributed by atoms with E-state index in [1.807, 2.05) is 5.38 Å². The van der Waals surface area contributed by atoms with Crippen LogP contribution in [0.4, 0.5) is 5.69 Å². The summed E-state index contributed by atoms with van der Waals surface area (Å²) in [6, 6.07) is 5.39. The number of nitrogens with one attached hydrogen (secondary N) is 1. The molecule has 2 aromatic rings. The third-order valence-corrected chi connectivity index (χ3v) is 3.61. The maximum Gasteiger partial charge on any atom is 0.270 e. The molecule has 4 nitrogen and oxygen atoms in total. The molecule has 0 fully saturated rings. The Kier molecular flexibility index (Phi) is 3.94. The maximum absolute atomic E-state index is 11.8. The summed E-state index contributed by atoms with van der Waals surface area (Å²) >= 11 is 1.66. The first-order valence-electron chi connectivity index (χ1n) is 5.75. The van der Waals surface area contributed by atoms with E-state index in [4.69, 9.17) is 5.73 Å². The molecule has 0 radical (unpaired) electrons. The Morgan fingerprint density at radius 2 is 2.28 bits per heavy atom. The summed E-state index contributed by atoms with van der Waals surface area (Å²) in [4.78, 5) is 17.0. The Morgan fingerprint density at radius 3 is 2.94 bits per heavy atom. The summed E-state index contributed by atoms with van der Waals surface area (Å²) in [6.07, 6.45) is 2.46. The number of nitrogen functional groups attached to an aromatic ring is 1. The van der Waals surface area contributed by atoms with Gasteiger partial charge in [-0.25, -0.2) is 4.98 Å². The molecule has 0 spiro atoms. The van der Waals surface area contributed by atoms with E-state index >= 15 is 0 Å². The van der Waals surface area contributed by atoms with Gasteiger partial charge < -0.3 is 11.1 Å². The van der Waals surface area contributed by atoms with Crippen molar-refractivity contribution in [3.05, 3.63) is 45.9 Å². The summed E-state index contributed by atoms with van der Waals surface area (Å²) in [5, 5.41) is 4.91. The van der Waals surface area contributed by atoms with E-state index in [9.17, 15) is 4.79 Å². The van der Waals surface area contributed by atoms with Crippen LogP contribution >= 0.6 is 11.3 Å². The van der Waals surface area contributed by atoms with E-state index in [1.54, 1.807) is 23.5 Å². The van der Waals surface area contributed by atoms with E-state index in [1.165, 1.54) is 16.6 Å². The molecule has 1 amide bonds. The Hall–Kier alpha value is -1.88. The fourth-order valence-electron chi connectivity index (χ4n) is 1.63. The summed E-state index contributed by atoms with van der Waals surface area (Å²) < 4.78 is 0. The molecule has 0 aliphatic rings. The van der Waals surface area contributed by atoms with Crippen molar-refractivity contribution < 1.29 is 4.79 Å². The second-order valence-electron chi connectivity index (χ2n) is 3.88. The molecule has 3 N–H and O–H groups in total. The number of hydrogen-bond donors (Lipinski definition) is 2. The molecular formula is C13H15N3OS. The highest BCUT2D eigenvalue weighted by molar-refractivity contribution is 7.10. The molecule has 0 aromatic carbocycles. The fourth-order valence-corrected chi connectivity index (χ4v) is 2.54. The van der Waals surface area contributed by atoms with E-state index in [0.717, 1.165) is 6.42 Å². The lowest BCUT2D eigenvalue weighted by Crippen LogP contribution is -2.23. The minimum absolute atomic E-state index is 0.176. The van der Waals surface area contributed by atoms with Crippen LogP contribution in [-0.4, -0.2) is 10.9 Å². The van der Waals surface area contributed by atoms with Crippen LogP contribution in [0, 0.1) is 0 Å². The van der Waals surface area contributed by atoms with Crippen LogP contribution in [0.2, 0.25) is 0 Å². The number of nitrogens with two attached hydrogens (primary N) is 1. The first-order valence-corrected chi connectivity index (χ1v) is 6.63. The van der Waals surface area contributed by atoms with Crippen LogP contribution < -0.4 is 11.1 Å². The second kappa shape index (κ2) is 5.64. The van der Waals surface area contributed by atoms with Gasteiger partial charge in [-0.15, -0.1) is 11.3 Å². The molecule has 0 atom stereocenters. The third kappa shape index (κ3) is 2.87. The first kappa shape index (κ1) is 12.6. The number of aryl methyl sites for hydroxylation is 1. The van der Waals surface area contributed by atoms with Crippen molar-refractivity contribution in [3.8, 4) is 0 Å². The standard InChI is InChI=1S/C13H15N3OS/c1-2-9-5-6-18-12(9)8-16-13(17)11-4-3-10(14)7-15-11/h3-7H,2,8,14H2,1H3,(H,16,17). The van der Waals surface area contributed by atoms with Crippen LogP contribution in [0.1, 0.15) is 27.9 Å². The maximum atomic E-state index is 11.8. The minimum atomic E-state index is -0.176. The number of thiophene rings is 1. The highest BCUT2D eigenvalue weighted by atomic mass is 32.1. The number of rotatable bonds is 4. The van der Waals surface area contributed by atoms with Crippen LogP contribution in [0.25, 0.3) is 0 Å². The Labute approximate surface area is 110 Å². The van der Waals surface area contributed by atoms with Crippen LogP contribution in [-0.2, 0) is 13.0 Å². The van der Waals surface area contributed by atoms with Crippen molar-refractivity contribution in [2.24, 2.45) is 0 Å². The second-order valence-corrected chi connectivity index (χ2v) is 4.88. The van der Waals surface area contributed by atoms with E-state index < -0.39 is 0 Å². The zero-order chi connectivity index (χ0) is 13.0. The Morgan fingerprint density at radius 1 is 1.44 bits per heavy atom. The molecule has 2 heterocycles. The molecule has 0 saturated heterocycles. The van der Waals surface area contributed by atoms with Gasteiger partial charge in [0.15, 0.2) is 0 Å². The quantitative estimate of drug-likeness (QED) is 0.886. The number of aromatic nitrogens is 1. The van der Waals surface area contributed by atoms with Gasteiger partial charge in [-0.2, -0.15) is 0 Å². The van der Waals surface area contributed by atoms with Crippen molar-refractivity contribution in [1.82, 2.24) is 10.3 Å². The minimum Gasteiger partial charge on any atom is -0.397 e. The van der Waals surface area contributed by atoms with Gasteiger partial charge in [0, 0.05) is 4.88 Å². The summed E-state index contributed by atoms with van der Waals surface area (Å²) in [5.74, 6) is -0.176. The molecule has 2 rings (SSSR count). The molecule has 94 valence electrons. The van der Waals surface area contributed by atoms with Gasteiger partial charge in [0.25, 0.3) is 5.91 Å². The summed E-state index contributed by atoms with van der Waals surface area (Å²) in [6.45, 7) is 2.65. The van der Waals surface area contributed by atoms with Gasteiger partial charge in [-0.1, -0.05) is 6.92 Å². The predicted molar refractivity (Wildman–Crippen MR) is 73.5 cm³/mol. The topological polar surface area (TPSA) is 68.0 Å². The molecule has 0 unspecified atom stereocenters. The van der Waals surface area contributed by atoms with Gasteiger partial charge in [0.1, 0.15) is 5.69 Å². The van der Waals surface area contributed by atoms with Gasteiger partial charge in [-0.05, 0) is 35.6 Å². The molecule has 2 aromatic heterocycles.